The molecule has 0 radical (unpaired) electrons. The first-order chi connectivity index (χ1) is 7.66. The van der Waals surface area contributed by atoms with Crippen molar-refractivity contribution < 1.29 is 9.90 Å². The van der Waals surface area contributed by atoms with Crippen molar-refractivity contribution in [3.8, 4) is 0 Å². The number of carbonyl (C=O) groups is 1. The number of rotatable bonds is 4. The number of nitrogens with one attached hydrogen (secondary N) is 1. The third kappa shape index (κ3) is 2.14. The van der Waals surface area contributed by atoms with Gasteiger partial charge in [0.1, 0.15) is 23.7 Å². The van der Waals surface area contributed by atoms with Crippen LogP contribution in [0.15, 0.2) is 12.5 Å². The van der Waals surface area contributed by atoms with E-state index in [0.29, 0.717) is 29.8 Å². The normalized spacial score (nSPS) is 12.8. The number of aromatic nitrogens is 4. The molecule has 2 aromatic rings. The van der Waals surface area contributed by atoms with Gasteiger partial charge in [0.25, 0.3) is 0 Å². The number of imidazole rings is 1. The highest BCUT2D eigenvalue weighted by atomic mass is 16.4. The molecular weight excluding hydrogens is 210 g/mol. The number of hydrogen-bond donors (Lipinski definition) is 3. The third-order valence-electron chi connectivity index (χ3n) is 2.22. The summed E-state index contributed by atoms with van der Waals surface area (Å²) in [5.74, 6) is -0.330. The molecule has 0 aliphatic heterocycles. The van der Waals surface area contributed by atoms with Crippen LogP contribution in [-0.2, 0) is 11.2 Å². The highest BCUT2D eigenvalue weighted by Gasteiger charge is 2.12. The fourth-order valence-electron chi connectivity index (χ4n) is 1.34. The van der Waals surface area contributed by atoms with Gasteiger partial charge >= 0.3 is 5.97 Å². The minimum atomic E-state index is -1.00. The largest absolute Gasteiger partial charge is 0.480 e. The number of nitrogens with two attached hydrogens (primary N) is 1. The molecule has 2 heterocycles. The number of carboxylic acids is 1. The van der Waals surface area contributed by atoms with Crippen LogP contribution in [0.2, 0.25) is 0 Å². The average Bonchev–Trinajstić information content (AvgIpc) is 2.68. The smallest absolute Gasteiger partial charge is 0.320 e. The van der Waals surface area contributed by atoms with E-state index >= 15 is 0 Å². The van der Waals surface area contributed by atoms with E-state index in [1.807, 2.05) is 0 Å². The van der Waals surface area contributed by atoms with Crippen molar-refractivity contribution in [3.63, 3.8) is 0 Å². The third-order valence-corrected chi connectivity index (χ3v) is 2.22. The Bertz CT molecular complexity index is 476. The zero-order valence-corrected chi connectivity index (χ0v) is 8.42. The molecule has 84 valence electrons. The zero-order chi connectivity index (χ0) is 11.5. The SMILES string of the molecule is NC(CCc1nc2cncnc2[nH]1)C(=O)O. The molecule has 16 heavy (non-hydrogen) atoms. The van der Waals surface area contributed by atoms with Crippen LogP contribution in [0.4, 0.5) is 0 Å². The minimum Gasteiger partial charge on any atom is -0.480 e. The Morgan fingerprint density at radius 2 is 2.44 bits per heavy atom. The molecule has 0 bridgehead atoms. The Morgan fingerprint density at radius 3 is 3.12 bits per heavy atom. The fourth-order valence-corrected chi connectivity index (χ4v) is 1.34. The van der Waals surface area contributed by atoms with Gasteiger partial charge in [0.15, 0.2) is 5.65 Å². The second kappa shape index (κ2) is 4.23. The van der Waals surface area contributed by atoms with Crippen LogP contribution in [-0.4, -0.2) is 37.1 Å². The monoisotopic (exact) mass is 221 g/mol. The van der Waals surface area contributed by atoms with Crippen molar-refractivity contribution in [2.24, 2.45) is 5.73 Å². The number of H-pyrrole nitrogens is 1. The van der Waals surface area contributed by atoms with E-state index in [-0.39, 0.29) is 0 Å². The molecule has 0 saturated carbocycles. The summed E-state index contributed by atoms with van der Waals surface area (Å²) in [5, 5.41) is 8.62. The Hall–Kier alpha value is -2.02. The molecule has 1 atom stereocenters. The maximum atomic E-state index is 10.5. The summed E-state index contributed by atoms with van der Waals surface area (Å²) in [6.07, 6.45) is 3.83. The molecule has 2 rings (SSSR count). The average molecular weight is 221 g/mol. The van der Waals surface area contributed by atoms with E-state index in [1.165, 1.54) is 6.33 Å². The van der Waals surface area contributed by atoms with E-state index in [2.05, 4.69) is 19.9 Å². The van der Waals surface area contributed by atoms with E-state index in [1.54, 1.807) is 6.20 Å². The van der Waals surface area contributed by atoms with Gasteiger partial charge in [-0.1, -0.05) is 0 Å². The molecule has 0 aromatic carbocycles. The zero-order valence-electron chi connectivity index (χ0n) is 8.42. The van der Waals surface area contributed by atoms with Crippen LogP contribution in [0.5, 0.6) is 0 Å². The standard InChI is InChI=1S/C9H11N5O2/c10-5(9(15)16)1-2-7-13-6-3-11-4-12-8(6)14-7/h3-5H,1-2,10H2,(H,15,16)(H,11,12,13,14). The fraction of sp³-hybridized carbons (Fsp3) is 0.333. The number of fused-ring (bicyclic) bond motifs is 1. The maximum Gasteiger partial charge on any atom is 0.320 e. The van der Waals surface area contributed by atoms with Crippen molar-refractivity contribution in [1.29, 1.82) is 0 Å². The van der Waals surface area contributed by atoms with Gasteiger partial charge in [-0.2, -0.15) is 0 Å². The van der Waals surface area contributed by atoms with Gasteiger partial charge < -0.3 is 15.8 Å². The topological polar surface area (TPSA) is 118 Å². The van der Waals surface area contributed by atoms with Gasteiger partial charge in [0.05, 0.1) is 6.20 Å². The Balaban J connectivity index is 2.07. The molecule has 7 heteroatoms. The summed E-state index contributed by atoms with van der Waals surface area (Å²) in [7, 11) is 0. The lowest BCUT2D eigenvalue weighted by molar-refractivity contribution is -0.138. The summed E-state index contributed by atoms with van der Waals surface area (Å²) in [6, 6.07) is -0.862. The van der Waals surface area contributed by atoms with Crippen molar-refractivity contribution >= 4 is 17.1 Å². The summed E-state index contributed by atoms with van der Waals surface area (Å²) in [6.45, 7) is 0. The number of aromatic amines is 1. The van der Waals surface area contributed by atoms with Gasteiger partial charge in [-0.25, -0.2) is 15.0 Å². The molecule has 2 aromatic heterocycles. The Morgan fingerprint density at radius 1 is 1.62 bits per heavy atom. The predicted octanol–water partition coefficient (Wildman–Crippen LogP) is -0.303. The quantitative estimate of drug-likeness (QED) is 0.652. The Kier molecular flexibility index (Phi) is 2.78. The first-order valence-corrected chi connectivity index (χ1v) is 4.80. The summed E-state index contributed by atoms with van der Waals surface area (Å²) in [4.78, 5) is 25.5. The molecule has 0 aliphatic rings. The second-order valence-corrected chi connectivity index (χ2v) is 3.42. The molecular formula is C9H11N5O2. The lowest BCUT2D eigenvalue weighted by Crippen LogP contribution is -2.30. The van der Waals surface area contributed by atoms with Gasteiger partial charge in [0, 0.05) is 6.42 Å². The summed E-state index contributed by atoms with van der Waals surface area (Å²) < 4.78 is 0. The van der Waals surface area contributed by atoms with Crippen molar-refractivity contribution in [2.45, 2.75) is 18.9 Å². The van der Waals surface area contributed by atoms with E-state index < -0.39 is 12.0 Å². The summed E-state index contributed by atoms with van der Waals surface area (Å²) in [5.41, 5.74) is 6.70. The lowest BCUT2D eigenvalue weighted by atomic mass is 10.2. The van der Waals surface area contributed by atoms with Gasteiger partial charge in [-0.3, -0.25) is 4.79 Å². The number of carboxylic acid groups (broad SMARTS) is 1. The number of aliphatic carboxylic acids is 1. The van der Waals surface area contributed by atoms with Crippen molar-refractivity contribution in [2.75, 3.05) is 0 Å². The highest BCUT2D eigenvalue weighted by Crippen LogP contribution is 2.08. The first kappa shape index (κ1) is 10.5. The van der Waals surface area contributed by atoms with Gasteiger partial charge in [0.2, 0.25) is 0 Å². The minimum absolute atomic E-state index is 0.336. The summed E-state index contributed by atoms with van der Waals surface area (Å²) >= 11 is 0. The van der Waals surface area contributed by atoms with Crippen LogP contribution in [0.25, 0.3) is 11.2 Å². The van der Waals surface area contributed by atoms with Gasteiger partial charge in [-0.15, -0.1) is 0 Å². The number of aryl methyl sites for hydroxylation is 1. The number of nitrogens with zero attached hydrogens (tertiary/aromatic N) is 3. The van der Waals surface area contributed by atoms with Crippen LogP contribution >= 0.6 is 0 Å². The highest BCUT2D eigenvalue weighted by molar-refractivity contribution is 5.73. The van der Waals surface area contributed by atoms with E-state index in [9.17, 15) is 4.79 Å². The predicted molar refractivity (Wildman–Crippen MR) is 55.6 cm³/mol. The molecule has 7 nitrogen and oxygen atoms in total. The molecule has 1 unspecified atom stereocenters. The van der Waals surface area contributed by atoms with Crippen LogP contribution < -0.4 is 5.73 Å². The molecule has 0 amide bonds. The van der Waals surface area contributed by atoms with Crippen LogP contribution in [0.1, 0.15) is 12.2 Å². The molecule has 0 aliphatic carbocycles. The Labute approximate surface area is 90.7 Å². The van der Waals surface area contributed by atoms with Crippen LogP contribution in [0.3, 0.4) is 0 Å². The van der Waals surface area contributed by atoms with E-state index in [4.69, 9.17) is 10.8 Å². The van der Waals surface area contributed by atoms with E-state index in [0.717, 1.165) is 0 Å². The van der Waals surface area contributed by atoms with Crippen molar-refractivity contribution in [1.82, 2.24) is 19.9 Å². The van der Waals surface area contributed by atoms with Crippen LogP contribution in [0, 0.1) is 0 Å². The first-order valence-electron chi connectivity index (χ1n) is 4.80. The molecule has 0 saturated heterocycles. The van der Waals surface area contributed by atoms with Gasteiger partial charge in [-0.05, 0) is 6.42 Å². The molecule has 0 spiro atoms. The lowest BCUT2D eigenvalue weighted by Gasteiger charge is -2.03. The molecule has 4 N–H and O–H groups in total. The van der Waals surface area contributed by atoms with Crippen molar-refractivity contribution in [3.05, 3.63) is 18.3 Å². The molecule has 0 fully saturated rings. The second-order valence-electron chi connectivity index (χ2n) is 3.42. The maximum absolute atomic E-state index is 10.5. The number of hydrogen-bond acceptors (Lipinski definition) is 5.